The van der Waals surface area contributed by atoms with Crippen molar-refractivity contribution in [3.8, 4) is 0 Å². The number of nitrogens with zero attached hydrogens (tertiary/aromatic N) is 2. The predicted octanol–water partition coefficient (Wildman–Crippen LogP) is 2.99. The normalized spacial score (nSPS) is 25.3. The van der Waals surface area contributed by atoms with Crippen LogP contribution in [0.4, 0.5) is 0 Å². The SMILES string of the molecule is CC1CCCC(Cn2cncc2CC(C)(C)N)C1. The Labute approximate surface area is 111 Å². The molecule has 2 rings (SSSR count). The number of hydrogen-bond donors (Lipinski definition) is 1. The number of rotatable bonds is 4. The summed E-state index contributed by atoms with van der Waals surface area (Å²) in [6.45, 7) is 7.65. The maximum atomic E-state index is 6.11. The van der Waals surface area contributed by atoms with Gasteiger partial charge in [0.25, 0.3) is 0 Å². The number of imidazole rings is 1. The molecule has 0 aliphatic heterocycles. The van der Waals surface area contributed by atoms with Crippen LogP contribution in [-0.2, 0) is 13.0 Å². The summed E-state index contributed by atoms with van der Waals surface area (Å²) in [7, 11) is 0. The van der Waals surface area contributed by atoms with Gasteiger partial charge in [-0.05, 0) is 38.5 Å². The molecule has 1 saturated carbocycles. The minimum Gasteiger partial charge on any atom is -0.334 e. The van der Waals surface area contributed by atoms with Gasteiger partial charge in [0.2, 0.25) is 0 Å². The lowest BCUT2D eigenvalue weighted by molar-refractivity contribution is 0.254. The Hall–Kier alpha value is -0.830. The van der Waals surface area contributed by atoms with Gasteiger partial charge < -0.3 is 10.3 Å². The van der Waals surface area contributed by atoms with E-state index < -0.39 is 0 Å². The summed E-state index contributed by atoms with van der Waals surface area (Å²) in [5.74, 6) is 1.71. The Balaban J connectivity index is 1.99. The quantitative estimate of drug-likeness (QED) is 0.891. The van der Waals surface area contributed by atoms with Crippen LogP contribution in [0.25, 0.3) is 0 Å². The Morgan fingerprint density at radius 1 is 1.44 bits per heavy atom. The fourth-order valence-corrected chi connectivity index (χ4v) is 3.13. The minimum atomic E-state index is -0.155. The summed E-state index contributed by atoms with van der Waals surface area (Å²) >= 11 is 0. The van der Waals surface area contributed by atoms with Crippen molar-refractivity contribution in [3.63, 3.8) is 0 Å². The highest BCUT2D eigenvalue weighted by atomic mass is 15.0. The van der Waals surface area contributed by atoms with Crippen molar-refractivity contribution >= 4 is 0 Å². The van der Waals surface area contributed by atoms with E-state index in [-0.39, 0.29) is 5.54 Å². The smallest absolute Gasteiger partial charge is 0.0948 e. The fraction of sp³-hybridized carbons (Fsp3) is 0.800. The fourth-order valence-electron chi connectivity index (χ4n) is 3.13. The zero-order valence-electron chi connectivity index (χ0n) is 12.0. The second-order valence-electron chi connectivity index (χ2n) is 6.84. The van der Waals surface area contributed by atoms with Crippen LogP contribution in [0.3, 0.4) is 0 Å². The van der Waals surface area contributed by atoms with Gasteiger partial charge in [-0.15, -0.1) is 0 Å². The molecule has 0 aromatic carbocycles. The molecule has 1 fully saturated rings. The molecule has 0 saturated heterocycles. The summed E-state index contributed by atoms with van der Waals surface area (Å²) < 4.78 is 2.32. The monoisotopic (exact) mass is 249 g/mol. The lowest BCUT2D eigenvalue weighted by Gasteiger charge is -2.28. The van der Waals surface area contributed by atoms with Crippen molar-refractivity contribution in [2.75, 3.05) is 0 Å². The van der Waals surface area contributed by atoms with Crippen LogP contribution in [0.1, 0.15) is 52.1 Å². The zero-order chi connectivity index (χ0) is 13.2. The van der Waals surface area contributed by atoms with Crippen LogP contribution in [0.2, 0.25) is 0 Å². The molecule has 2 unspecified atom stereocenters. The Morgan fingerprint density at radius 2 is 2.22 bits per heavy atom. The Bertz CT molecular complexity index is 375. The molecule has 0 bridgehead atoms. The lowest BCUT2D eigenvalue weighted by Crippen LogP contribution is -2.35. The second-order valence-corrected chi connectivity index (χ2v) is 6.84. The van der Waals surface area contributed by atoms with Gasteiger partial charge in [0.05, 0.1) is 6.33 Å². The largest absolute Gasteiger partial charge is 0.334 e. The molecule has 0 radical (unpaired) electrons. The summed E-state index contributed by atoms with van der Waals surface area (Å²) in [6, 6.07) is 0. The van der Waals surface area contributed by atoms with E-state index in [1.807, 2.05) is 12.5 Å². The van der Waals surface area contributed by atoms with E-state index in [0.717, 1.165) is 24.8 Å². The number of nitrogens with two attached hydrogens (primary N) is 1. The third-order valence-electron chi connectivity index (χ3n) is 3.94. The van der Waals surface area contributed by atoms with Crippen molar-refractivity contribution in [1.29, 1.82) is 0 Å². The molecule has 1 aromatic heterocycles. The van der Waals surface area contributed by atoms with Crippen molar-refractivity contribution in [2.45, 2.75) is 65.0 Å². The van der Waals surface area contributed by atoms with Crippen LogP contribution in [0.15, 0.2) is 12.5 Å². The Kier molecular flexibility index (Phi) is 4.10. The molecule has 0 amide bonds. The van der Waals surface area contributed by atoms with Crippen molar-refractivity contribution in [1.82, 2.24) is 9.55 Å². The van der Waals surface area contributed by atoms with Gasteiger partial charge in [0, 0.05) is 30.4 Å². The first kappa shape index (κ1) is 13.6. The average molecular weight is 249 g/mol. The molecule has 1 aliphatic carbocycles. The van der Waals surface area contributed by atoms with Crippen LogP contribution >= 0.6 is 0 Å². The van der Waals surface area contributed by atoms with Gasteiger partial charge in [-0.3, -0.25) is 0 Å². The molecule has 1 heterocycles. The van der Waals surface area contributed by atoms with Gasteiger partial charge >= 0.3 is 0 Å². The molecule has 1 aromatic rings. The molecule has 102 valence electrons. The third-order valence-corrected chi connectivity index (χ3v) is 3.94. The van der Waals surface area contributed by atoms with Gasteiger partial charge in [-0.1, -0.05) is 19.8 Å². The topological polar surface area (TPSA) is 43.8 Å². The first-order valence-corrected chi connectivity index (χ1v) is 7.22. The van der Waals surface area contributed by atoms with E-state index in [0.29, 0.717) is 0 Å². The van der Waals surface area contributed by atoms with E-state index in [4.69, 9.17) is 5.73 Å². The molecule has 3 nitrogen and oxygen atoms in total. The first-order valence-electron chi connectivity index (χ1n) is 7.22. The van der Waals surface area contributed by atoms with Crippen LogP contribution in [-0.4, -0.2) is 15.1 Å². The molecule has 1 aliphatic rings. The van der Waals surface area contributed by atoms with Gasteiger partial charge in [-0.25, -0.2) is 4.98 Å². The van der Waals surface area contributed by atoms with Crippen LogP contribution < -0.4 is 5.73 Å². The molecule has 2 N–H and O–H groups in total. The van der Waals surface area contributed by atoms with Crippen molar-refractivity contribution in [2.24, 2.45) is 17.6 Å². The highest BCUT2D eigenvalue weighted by Gasteiger charge is 2.21. The molecule has 2 atom stereocenters. The Morgan fingerprint density at radius 3 is 2.89 bits per heavy atom. The molecule has 3 heteroatoms. The summed E-state index contributed by atoms with van der Waals surface area (Å²) in [6.07, 6.45) is 10.4. The number of hydrogen-bond acceptors (Lipinski definition) is 2. The van der Waals surface area contributed by atoms with E-state index >= 15 is 0 Å². The van der Waals surface area contributed by atoms with E-state index in [1.54, 1.807) is 0 Å². The highest BCUT2D eigenvalue weighted by molar-refractivity contribution is 5.03. The summed E-state index contributed by atoms with van der Waals surface area (Å²) in [5.41, 5.74) is 7.23. The molecular formula is C15H27N3. The van der Waals surface area contributed by atoms with Gasteiger partial charge in [0.1, 0.15) is 0 Å². The van der Waals surface area contributed by atoms with Crippen molar-refractivity contribution < 1.29 is 0 Å². The maximum absolute atomic E-state index is 6.11. The molecular weight excluding hydrogens is 222 g/mol. The number of aromatic nitrogens is 2. The highest BCUT2D eigenvalue weighted by Crippen LogP contribution is 2.30. The lowest BCUT2D eigenvalue weighted by atomic mass is 9.82. The summed E-state index contributed by atoms with van der Waals surface area (Å²) in [4.78, 5) is 4.30. The first-order chi connectivity index (χ1) is 8.44. The minimum absolute atomic E-state index is 0.155. The van der Waals surface area contributed by atoms with E-state index in [9.17, 15) is 0 Å². The van der Waals surface area contributed by atoms with Crippen LogP contribution in [0, 0.1) is 11.8 Å². The van der Waals surface area contributed by atoms with Gasteiger partial charge in [0.15, 0.2) is 0 Å². The van der Waals surface area contributed by atoms with E-state index in [1.165, 1.54) is 31.4 Å². The predicted molar refractivity (Wildman–Crippen MR) is 75.3 cm³/mol. The maximum Gasteiger partial charge on any atom is 0.0948 e. The van der Waals surface area contributed by atoms with Crippen molar-refractivity contribution in [3.05, 3.63) is 18.2 Å². The molecule has 0 spiro atoms. The standard InChI is InChI=1S/C15H27N3/c1-12-5-4-6-13(7-12)10-18-11-17-9-14(18)8-15(2,3)16/h9,11-13H,4-8,10,16H2,1-3H3. The third kappa shape index (κ3) is 3.84. The average Bonchev–Trinajstić information content (AvgIpc) is 2.63. The molecule has 18 heavy (non-hydrogen) atoms. The van der Waals surface area contributed by atoms with Crippen LogP contribution in [0.5, 0.6) is 0 Å². The van der Waals surface area contributed by atoms with Gasteiger partial charge in [-0.2, -0.15) is 0 Å². The second kappa shape index (κ2) is 5.43. The van der Waals surface area contributed by atoms with E-state index in [2.05, 4.69) is 30.3 Å². The zero-order valence-corrected chi connectivity index (χ0v) is 12.0. The summed E-state index contributed by atoms with van der Waals surface area (Å²) in [5, 5.41) is 0.